The first-order valence-electron chi connectivity index (χ1n) is 8.81. The average Bonchev–Trinajstić information content (AvgIpc) is 3.07. The fraction of sp³-hybridized carbons (Fsp3) is 0.444. The third-order valence-corrected chi connectivity index (χ3v) is 5.20. The summed E-state index contributed by atoms with van der Waals surface area (Å²) < 4.78 is 84.7. The monoisotopic (exact) mass is 418 g/mol. The summed E-state index contributed by atoms with van der Waals surface area (Å²) in [6.45, 7) is 0.606. The van der Waals surface area contributed by atoms with E-state index >= 15 is 0 Å². The zero-order valence-corrected chi connectivity index (χ0v) is 14.9. The lowest BCUT2D eigenvalue weighted by Gasteiger charge is -2.38. The summed E-state index contributed by atoms with van der Waals surface area (Å²) in [5.74, 6) is -4.65. The molecule has 0 aliphatic carbocycles. The highest BCUT2D eigenvalue weighted by molar-refractivity contribution is 5.25. The van der Waals surface area contributed by atoms with Crippen molar-refractivity contribution in [2.45, 2.75) is 43.9 Å². The van der Waals surface area contributed by atoms with Gasteiger partial charge in [-0.3, -0.25) is 4.90 Å². The molecule has 0 saturated carbocycles. The van der Waals surface area contributed by atoms with E-state index < -0.39 is 41.6 Å². The molecule has 1 aromatic carbocycles. The van der Waals surface area contributed by atoms with Gasteiger partial charge in [0.05, 0.1) is 12.3 Å². The zero-order chi connectivity index (χ0) is 20.9. The normalized spacial score (nSPS) is 25.3. The number of ether oxygens (including phenoxy) is 1. The van der Waals surface area contributed by atoms with Gasteiger partial charge in [-0.25, -0.2) is 23.1 Å². The van der Waals surface area contributed by atoms with Crippen LogP contribution in [0.1, 0.15) is 35.2 Å². The highest BCUT2D eigenvalue weighted by Crippen LogP contribution is 2.35. The highest BCUT2D eigenvalue weighted by Gasteiger charge is 2.39. The molecule has 4 rings (SSSR count). The van der Waals surface area contributed by atoms with Gasteiger partial charge in [0.1, 0.15) is 11.9 Å². The van der Waals surface area contributed by atoms with E-state index in [-0.39, 0.29) is 30.5 Å². The number of fused-ring (bicyclic) bond motifs is 1. The van der Waals surface area contributed by atoms with Gasteiger partial charge in [0, 0.05) is 48.6 Å². The van der Waals surface area contributed by atoms with Crippen LogP contribution in [0, 0.1) is 17.5 Å². The minimum Gasteiger partial charge on any atom is -0.370 e. The third-order valence-electron chi connectivity index (χ3n) is 5.20. The Morgan fingerprint density at radius 1 is 1.07 bits per heavy atom. The van der Waals surface area contributed by atoms with Crippen molar-refractivity contribution >= 4 is 0 Å². The van der Waals surface area contributed by atoms with Gasteiger partial charge in [0.2, 0.25) is 5.82 Å². The second kappa shape index (κ2) is 7.22. The largest absolute Gasteiger partial charge is 0.451 e. The molecule has 0 bridgehead atoms. The second-order valence-electron chi connectivity index (χ2n) is 7.16. The van der Waals surface area contributed by atoms with Gasteiger partial charge in [-0.1, -0.05) is 0 Å². The van der Waals surface area contributed by atoms with Crippen molar-refractivity contribution in [3.63, 3.8) is 0 Å². The molecule has 29 heavy (non-hydrogen) atoms. The minimum absolute atomic E-state index is 0.102. The fourth-order valence-corrected chi connectivity index (χ4v) is 3.75. The molecule has 2 unspecified atom stereocenters. The number of aromatic nitrogens is 2. The van der Waals surface area contributed by atoms with E-state index in [0.717, 1.165) is 12.3 Å². The SMILES string of the molecule is NC1CC(N2Cc3cnc(C(F)(F)F)nc3C2)CO[C@@H]1c1cc(F)c(F)cc1F. The van der Waals surface area contributed by atoms with Crippen molar-refractivity contribution in [1.29, 1.82) is 0 Å². The maximum absolute atomic E-state index is 14.0. The first-order chi connectivity index (χ1) is 13.6. The smallest absolute Gasteiger partial charge is 0.370 e. The Bertz CT molecular complexity index is 937. The Morgan fingerprint density at radius 3 is 2.48 bits per heavy atom. The van der Waals surface area contributed by atoms with E-state index in [0.29, 0.717) is 24.6 Å². The number of rotatable bonds is 2. The number of nitrogens with zero attached hydrogens (tertiary/aromatic N) is 3. The molecule has 0 radical (unpaired) electrons. The third kappa shape index (κ3) is 3.81. The molecule has 0 amide bonds. The number of halogens is 6. The predicted octanol–water partition coefficient (Wildman–Crippen LogP) is 3.09. The molecular weight excluding hydrogens is 402 g/mol. The zero-order valence-electron chi connectivity index (χ0n) is 14.9. The van der Waals surface area contributed by atoms with Crippen LogP contribution in [0.15, 0.2) is 18.3 Å². The van der Waals surface area contributed by atoms with E-state index in [2.05, 4.69) is 9.97 Å². The molecule has 156 valence electrons. The molecule has 2 N–H and O–H groups in total. The molecule has 11 heteroatoms. The molecule has 2 aliphatic rings. The second-order valence-corrected chi connectivity index (χ2v) is 7.16. The maximum Gasteiger partial charge on any atom is 0.451 e. The van der Waals surface area contributed by atoms with Crippen molar-refractivity contribution in [2.75, 3.05) is 6.61 Å². The lowest BCUT2D eigenvalue weighted by molar-refractivity contribution is -0.145. The van der Waals surface area contributed by atoms with Crippen molar-refractivity contribution in [2.24, 2.45) is 5.73 Å². The maximum atomic E-state index is 14.0. The van der Waals surface area contributed by atoms with Crippen molar-refractivity contribution < 1.29 is 31.1 Å². The number of benzene rings is 1. The summed E-state index contributed by atoms with van der Waals surface area (Å²) in [4.78, 5) is 8.83. The quantitative estimate of drug-likeness (QED) is 0.600. The van der Waals surface area contributed by atoms with Crippen LogP contribution < -0.4 is 5.73 Å². The van der Waals surface area contributed by atoms with E-state index in [1.165, 1.54) is 0 Å². The molecule has 1 fully saturated rings. The van der Waals surface area contributed by atoms with E-state index in [1.54, 1.807) is 0 Å². The number of nitrogens with two attached hydrogens (primary N) is 1. The lowest BCUT2D eigenvalue weighted by atomic mass is 9.93. The number of hydrogen-bond donors (Lipinski definition) is 1. The molecular formula is C18H16F6N4O. The molecule has 1 saturated heterocycles. The molecule has 1 aromatic heterocycles. The van der Waals surface area contributed by atoms with E-state index in [4.69, 9.17) is 10.5 Å². The van der Waals surface area contributed by atoms with Gasteiger partial charge < -0.3 is 10.5 Å². The van der Waals surface area contributed by atoms with Gasteiger partial charge in [0.25, 0.3) is 0 Å². The highest BCUT2D eigenvalue weighted by atomic mass is 19.4. The topological polar surface area (TPSA) is 64.3 Å². The Labute approximate surface area is 161 Å². The Morgan fingerprint density at radius 2 is 1.79 bits per heavy atom. The van der Waals surface area contributed by atoms with Crippen LogP contribution in [0.25, 0.3) is 0 Å². The first-order valence-corrected chi connectivity index (χ1v) is 8.81. The van der Waals surface area contributed by atoms with Crippen LogP contribution in [-0.2, 0) is 24.0 Å². The standard InChI is InChI=1S/C18H16F6N4O/c19-11-3-13(21)12(20)2-10(11)16-14(25)1-9(7-29-16)28-5-8-4-26-17(18(22,23)24)27-15(8)6-28/h2-4,9,14,16H,1,5-7,25H2/t9?,14?,16-/m1/s1. The molecule has 2 aliphatic heterocycles. The molecule has 3 heterocycles. The van der Waals surface area contributed by atoms with Crippen molar-refractivity contribution in [3.05, 3.63) is 58.4 Å². The van der Waals surface area contributed by atoms with Crippen LogP contribution in [0.3, 0.4) is 0 Å². The summed E-state index contributed by atoms with van der Waals surface area (Å²) in [5, 5.41) is 0. The number of alkyl halides is 3. The predicted molar refractivity (Wildman–Crippen MR) is 87.7 cm³/mol. The Balaban J connectivity index is 1.46. The van der Waals surface area contributed by atoms with Crippen molar-refractivity contribution in [3.8, 4) is 0 Å². The molecule has 2 aromatic rings. The molecule has 3 atom stereocenters. The van der Waals surface area contributed by atoms with Gasteiger partial charge >= 0.3 is 6.18 Å². The lowest BCUT2D eigenvalue weighted by Crippen LogP contribution is -2.47. The molecule has 5 nitrogen and oxygen atoms in total. The Kier molecular flexibility index (Phi) is 4.99. The van der Waals surface area contributed by atoms with Gasteiger partial charge in [-0.05, 0) is 12.5 Å². The van der Waals surface area contributed by atoms with Crippen LogP contribution in [0.5, 0.6) is 0 Å². The van der Waals surface area contributed by atoms with Crippen LogP contribution >= 0.6 is 0 Å². The average molecular weight is 418 g/mol. The Hall–Kier alpha value is -2.24. The summed E-state index contributed by atoms with van der Waals surface area (Å²) in [6.07, 6.45) is -4.09. The summed E-state index contributed by atoms with van der Waals surface area (Å²) >= 11 is 0. The van der Waals surface area contributed by atoms with Crippen LogP contribution in [0.2, 0.25) is 0 Å². The van der Waals surface area contributed by atoms with Gasteiger partial charge in [-0.2, -0.15) is 13.2 Å². The van der Waals surface area contributed by atoms with Gasteiger partial charge in [0.15, 0.2) is 11.6 Å². The van der Waals surface area contributed by atoms with E-state index in [1.807, 2.05) is 4.90 Å². The summed E-state index contributed by atoms with van der Waals surface area (Å²) in [6, 6.07) is 0.211. The fourth-order valence-electron chi connectivity index (χ4n) is 3.75. The van der Waals surface area contributed by atoms with E-state index in [9.17, 15) is 26.3 Å². The van der Waals surface area contributed by atoms with Crippen LogP contribution in [-0.4, -0.2) is 33.6 Å². The minimum atomic E-state index is -4.62. The van der Waals surface area contributed by atoms with Crippen LogP contribution in [0.4, 0.5) is 26.3 Å². The first kappa shape index (κ1) is 20.0. The molecule has 0 spiro atoms. The van der Waals surface area contributed by atoms with Crippen molar-refractivity contribution in [1.82, 2.24) is 14.9 Å². The summed E-state index contributed by atoms with van der Waals surface area (Å²) in [7, 11) is 0. The summed E-state index contributed by atoms with van der Waals surface area (Å²) in [5.41, 5.74) is 6.80. The van der Waals surface area contributed by atoms with Gasteiger partial charge in [-0.15, -0.1) is 0 Å². The number of hydrogen-bond acceptors (Lipinski definition) is 5.